The number of ketones is 1. The van der Waals surface area contributed by atoms with E-state index in [1.807, 2.05) is 32.9 Å². The second-order valence-corrected chi connectivity index (χ2v) is 8.91. The minimum absolute atomic E-state index is 0.0910. The van der Waals surface area contributed by atoms with Crippen LogP contribution in [-0.4, -0.2) is 36.5 Å². The van der Waals surface area contributed by atoms with Crippen molar-refractivity contribution in [3.05, 3.63) is 70.8 Å². The second-order valence-electron chi connectivity index (χ2n) is 8.91. The lowest BCUT2D eigenvalue weighted by molar-refractivity contribution is 0.0526. The summed E-state index contributed by atoms with van der Waals surface area (Å²) in [6.45, 7) is 7.08. The molecule has 7 nitrogen and oxygen atoms in total. The molecule has 0 atom stereocenters. The number of rotatable bonds is 11. The van der Waals surface area contributed by atoms with Crippen LogP contribution in [0.3, 0.4) is 0 Å². The van der Waals surface area contributed by atoms with Crippen LogP contribution in [0.1, 0.15) is 78.3 Å². The standard InChI is InChI=1S/C26H35N3O4/c1-26(2,3)33-25(32)29-17-7-5-4-6-16-28-24(31)22-14-12-21(13-15-22)23(30)20-10-8-19(18-27)9-11-20/h8-15H,4-7,16-18,27H2,1-3H3,(H,28,31)(H,29,32). The Hall–Kier alpha value is -3.19. The number of nitrogens with one attached hydrogen (secondary N) is 2. The molecule has 0 heterocycles. The Morgan fingerprint density at radius 1 is 0.758 bits per heavy atom. The fraction of sp³-hybridized carbons (Fsp3) is 0.423. The van der Waals surface area contributed by atoms with E-state index in [0.29, 0.717) is 36.3 Å². The first-order valence-electron chi connectivity index (χ1n) is 11.4. The molecule has 0 aliphatic carbocycles. The summed E-state index contributed by atoms with van der Waals surface area (Å²) in [6.07, 6.45) is 3.22. The van der Waals surface area contributed by atoms with E-state index in [9.17, 15) is 14.4 Å². The van der Waals surface area contributed by atoms with Crippen molar-refractivity contribution in [1.82, 2.24) is 10.6 Å². The zero-order valence-electron chi connectivity index (χ0n) is 19.8. The van der Waals surface area contributed by atoms with Gasteiger partial charge in [-0.3, -0.25) is 9.59 Å². The number of carbonyl (C=O) groups is 3. The third-order valence-electron chi connectivity index (χ3n) is 4.92. The maximum Gasteiger partial charge on any atom is 0.407 e. The number of benzene rings is 2. The van der Waals surface area contributed by atoms with Crippen molar-refractivity contribution in [3.63, 3.8) is 0 Å². The van der Waals surface area contributed by atoms with Crippen molar-refractivity contribution in [3.8, 4) is 0 Å². The fourth-order valence-corrected chi connectivity index (χ4v) is 3.14. The molecular formula is C26H35N3O4. The quantitative estimate of drug-likeness (QED) is 0.349. The number of nitrogens with two attached hydrogens (primary N) is 1. The lowest BCUT2D eigenvalue weighted by Gasteiger charge is -2.19. The SMILES string of the molecule is CC(C)(C)OC(=O)NCCCCCCNC(=O)c1ccc(C(=O)c2ccc(CN)cc2)cc1. The number of hydrogen-bond donors (Lipinski definition) is 3. The van der Waals surface area contributed by atoms with Crippen LogP contribution in [0.25, 0.3) is 0 Å². The van der Waals surface area contributed by atoms with E-state index in [4.69, 9.17) is 10.5 Å². The van der Waals surface area contributed by atoms with Gasteiger partial charge < -0.3 is 21.1 Å². The van der Waals surface area contributed by atoms with Crippen LogP contribution in [0, 0.1) is 0 Å². The topological polar surface area (TPSA) is 111 Å². The Bertz CT molecular complexity index is 916. The molecule has 2 aromatic carbocycles. The van der Waals surface area contributed by atoms with Gasteiger partial charge in [-0.2, -0.15) is 0 Å². The molecule has 7 heteroatoms. The van der Waals surface area contributed by atoms with Crippen LogP contribution in [0.2, 0.25) is 0 Å². The Balaban J connectivity index is 1.65. The number of amides is 2. The molecule has 0 saturated heterocycles. The summed E-state index contributed by atoms with van der Waals surface area (Å²) >= 11 is 0. The maximum absolute atomic E-state index is 12.6. The summed E-state index contributed by atoms with van der Waals surface area (Å²) in [4.78, 5) is 36.5. The van der Waals surface area contributed by atoms with Crippen molar-refractivity contribution in [2.24, 2.45) is 5.73 Å². The highest BCUT2D eigenvalue weighted by Gasteiger charge is 2.15. The smallest absolute Gasteiger partial charge is 0.407 e. The van der Waals surface area contributed by atoms with Gasteiger partial charge in [0.1, 0.15) is 5.60 Å². The molecule has 0 unspecified atom stereocenters. The Kier molecular flexibility index (Phi) is 10.1. The minimum atomic E-state index is -0.491. The zero-order chi connectivity index (χ0) is 24.3. The monoisotopic (exact) mass is 453 g/mol. The van der Waals surface area contributed by atoms with Crippen molar-refractivity contribution >= 4 is 17.8 Å². The molecule has 0 aliphatic rings. The summed E-state index contributed by atoms with van der Waals surface area (Å²) in [5.41, 5.74) is 7.71. The maximum atomic E-state index is 12.6. The second kappa shape index (κ2) is 12.7. The van der Waals surface area contributed by atoms with E-state index in [2.05, 4.69) is 10.6 Å². The van der Waals surface area contributed by atoms with Gasteiger partial charge in [-0.25, -0.2) is 4.79 Å². The molecule has 2 rings (SSSR count). The Morgan fingerprint density at radius 3 is 1.76 bits per heavy atom. The first-order valence-corrected chi connectivity index (χ1v) is 11.4. The Labute approximate surface area is 196 Å². The fourth-order valence-electron chi connectivity index (χ4n) is 3.14. The van der Waals surface area contributed by atoms with Gasteiger partial charge in [0.05, 0.1) is 0 Å². The Morgan fingerprint density at radius 2 is 1.24 bits per heavy atom. The summed E-state index contributed by atoms with van der Waals surface area (Å²) in [7, 11) is 0. The van der Waals surface area contributed by atoms with Gasteiger partial charge in [0.15, 0.2) is 5.78 Å². The molecule has 2 aromatic rings. The van der Waals surface area contributed by atoms with Crippen molar-refractivity contribution in [2.45, 2.75) is 58.6 Å². The van der Waals surface area contributed by atoms with Crippen LogP contribution in [0.4, 0.5) is 4.79 Å². The number of hydrogen-bond acceptors (Lipinski definition) is 5. The number of alkyl carbamates (subject to hydrolysis) is 1. The summed E-state index contributed by atoms with van der Waals surface area (Å²) in [5, 5.41) is 5.64. The lowest BCUT2D eigenvalue weighted by atomic mass is 10.0. The van der Waals surface area contributed by atoms with Crippen molar-refractivity contribution in [2.75, 3.05) is 13.1 Å². The third-order valence-corrected chi connectivity index (χ3v) is 4.92. The molecule has 33 heavy (non-hydrogen) atoms. The van der Waals surface area contributed by atoms with Crippen molar-refractivity contribution in [1.29, 1.82) is 0 Å². The zero-order valence-corrected chi connectivity index (χ0v) is 19.8. The van der Waals surface area contributed by atoms with E-state index in [0.717, 1.165) is 31.2 Å². The normalized spacial score (nSPS) is 11.0. The van der Waals surface area contributed by atoms with Crippen LogP contribution < -0.4 is 16.4 Å². The molecule has 2 amide bonds. The van der Waals surface area contributed by atoms with E-state index in [-0.39, 0.29) is 11.7 Å². The predicted molar refractivity (Wildman–Crippen MR) is 129 cm³/mol. The average molecular weight is 454 g/mol. The van der Waals surface area contributed by atoms with Gasteiger partial charge in [-0.15, -0.1) is 0 Å². The van der Waals surface area contributed by atoms with Gasteiger partial charge >= 0.3 is 6.09 Å². The van der Waals surface area contributed by atoms with E-state index >= 15 is 0 Å². The highest BCUT2D eigenvalue weighted by atomic mass is 16.6. The van der Waals surface area contributed by atoms with Crippen molar-refractivity contribution < 1.29 is 19.1 Å². The van der Waals surface area contributed by atoms with Gasteiger partial charge in [0.25, 0.3) is 5.91 Å². The summed E-state index contributed by atoms with van der Waals surface area (Å²) in [5.74, 6) is -0.250. The van der Waals surface area contributed by atoms with Crippen LogP contribution in [0.5, 0.6) is 0 Å². The molecule has 0 radical (unpaired) electrons. The largest absolute Gasteiger partial charge is 0.444 e. The molecule has 0 fully saturated rings. The highest BCUT2D eigenvalue weighted by molar-refractivity contribution is 6.09. The van der Waals surface area contributed by atoms with Crippen LogP contribution >= 0.6 is 0 Å². The third kappa shape index (κ3) is 9.45. The predicted octanol–water partition coefficient (Wildman–Crippen LogP) is 4.19. The number of unbranched alkanes of at least 4 members (excludes halogenated alkanes) is 3. The molecule has 0 saturated carbocycles. The molecule has 0 spiro atoms. The molecule has 4 N–H and O–H groups in total. The molecule has 178 valence electrons. The highest BCUT2D eigenvalue weighted by Crippen LogP contribution is 2.13. The van der Waals surface area contributed by atoms with E-state index < -0.39 is 11.7 Å². The minimum Gasteiger partial charge on any atom is -0.444 e. The molecule has 0 aliphatic heterocycles. The summed E-state index contributed by atoms with van der Waals surface area (Å²) < 4.78 is 5.18. The molecular weight excluding hydrogens is 418 g/mol. The number of carbonyl (C=O) groups excluding carboxylic acids is 3. The van der Waals surface area contributed by atoms with Gasteiger partial charge in [0, 0.05) is 36.3 Å². The lowest BCUT2D eigenvalue weighted by Crippen LogP contribution is -2.33. The van der Waals surface area contributed by atoms with E-state index in [1.54, 1.807) is 36.4 Å². The summed E-state index contributed by atoms with van der Waals surface area (Å²) in [6, 6.07) is 13.9. The first-order chi connectivity index (χ1) is 15.7. The average Bonchev–Trinajstić information content (AvgIpc) is 2.79. The molecule has 0 aromatic heterocycles. The first kappa shape index (κ1) is 26.1. The van der Waals surface area contributed by atoms with Gasteiger partial charge in [-0.1, -0.05) is 49.2 Å². The van der Waals surface area contributed by atoms with Gasteiger partial charge in [-0.05, 0) is 51.3 Å². The van der Waals surface area contributed by atoms with Gasteiger partial charge in [0.2, 0.25) is 0 Å². The van der Waals surface area contributed by atoms with Crippen LogP contribution in [-0.2, 0) is 11.3 Å². The number of ether oxygens (including phenoxy) is 1. The van der Waals surface area contributed by atoms with E-state index in [1.165, 1.54) is 0 Å². The van der Waals surface area contributed by atoms with Crippen LogP contribution in [0.15, 0.2) is 48.5 Å². The molecule has 0 bridgehead atoms.